The smallest absolute Gasteiger partial charge is 0.306 e. The van der Waals surface area contributed by atoms with Crippen molar-refractivity contribution in [3.63, 3.8) is 0 Å². The standard InChI is InChI=1S/C79H152O5/c1-3-5-7-9-11-13-15-17-19-21-23-25-27-29-31-33-34-35-36-37-38-39-40-41-42-43-44-46-48-50-52-54-56-58-60-62-64-66-68-70-72-74-79(82)84-77(75-80)76-83-78(81)73-71-69-67-65-63-61-59-57-55-53-51-49-47-45-32-30-28-26-24-22-20-18-16-14-12-10-8-6-4-2/h15,17,21,23,77,80H,3-14,16,18-20,22,24-76H2,1-2H3/b17-15-,23-21-. The van der Waals surface area contributed by atoms with E-state index in [1.807, 2.05) is 0 Å². The van der Waals surface area contributed by atoms with E-state index in [-0.39, 0.29) is 25.2 Å². The summed E-state index contributed by atoms with van der Waals surface area (Å²) >= 11 is 0. The number of allylic oxidation sites excluding steroid dienone is 4. The van der Waals surface area contributed by atoms with Crippen molar-refractivity contribution in [1.82, 2.24) is 0 Å². The van der Waals surface area contributed by atoms with Crippen molar-refractivity contribution in [3.8, 4) is 0 Å². The summed E-state index contributed by atoms with van der Waals surface area (Å²) in [6.45, 7) is 4.21. The van der Waals surface area contributed by atoms with E-state index in [1.165, 1.54) is 385 Å². The molecule has 0 radical (unpaired) electrons. The minimum atomic E-state index is -0.768. The molecule has 0 saturated heterocycles. The Balaban J connectivity index is 3.34. The van der Waals surface area contributed by atoms with Crippen LogP contribution < -0.4 is 0 Å². The maximum absolute atomic E-state index is 12.4. The molecule has 5 heteroatoms. The Labute approximate surface area is 527 Å². The zero-order valence-corrected chi connectivity index (χ0v) is 57.5. The molecule has 5 nitrogen and oxygen atoms in total. The number of aliphatic hydroxyl groups is 1. The van der Waals surface area contributed by atoms with E-state index >= 15 is 0 Å². The lowest BCUT2D eigenvalue weighted by Crippen LogP contribution is -2.28. The van der Waals surface area contributed by atoms with E-state index in [0.29, 0.717) is 12.8 Å². The molecule has 0 aromatic rings. The van der Waals surface area contributed by atoms with Gasteiger partial charge in [-0.2, -0.15) is 0 Å². The fourth-order valence-corrected chi connectivity index (χ4v) is 12.4. The third-order valence-electron chi connectivity index (χ3n) is 18.2. The van der Waals surface area contributed by atoms with Crippen LogP contribution in [0.25, 0.3) is 0 Å². The molecule has 1 N–H and O–H groups in total. The molecule has 0 spiro atoms. The predicted molar refractivity (Wildman–Crippen MR) is 372 cm³/mol. The molecule has 0 aromatic carbocycles. The number of carbonyl (C=O) groups excluding carboxylic acids is 2. The summed E-state index contributed by atoms with van der Waals surface area (Å²) in [5, 5.41) is 9.72. The minimum absolute atomic E-state index is 0.0565. The monoisotopic (exact) mass is 1180 g/mol. The van der Waals surface area contributed by atoms with Crippen LogP contribution in [0.5, 0.6) is 0 Å². The quantitative estimate of drug-likeness (QED) is 0.0373. The van der Waals surface area contributed by atoms with Gasteiger partial charge in [0.1, 0.15) is 6.61 Å². The predicted octanol–water partition coefficient (Wildman–Crippen LogP) is 27.1. The molecule has 0 rings (SSSR count). The van der Waals surface area contributed by atoms with Crippen molar-refractivity contribution in [3.05, 3.63) is 24.3 Å². The van der Waals surface area contributed by atoms with Crippen molar-refractivity contribution in [2.45, 2.75) is 457 Å². The van der Waals surface area contributed by atoms with Crippen LogP contribution in [0.15, 0.2) is 24.3 Å². The van der Waals surface area contributed by atoms with Crippen LogP contribution in [0.3, 0.4) is 0 Å². The van der Waals surface area contributed by atoms with Gasteiger partial charge in [0.2, 0.25) is 0 Å². The molecule has 0 aliphatic carbocycles. The van der Waals surface area contributed by atoms with Crippen LogP contribution in [0.4, 0.5) is 0 Å². The lowest BCUT2D eigenvalue weighted by Gasteiger charge is -2.15. The molecule has 0 aliphatic heterocycles. The largest absolute Gasteiger partial charge is 0.462 e. The van der Waals surface area contributed by atoms with Crippen molar-refractivity contribution < 1.29 is 24.2 Å². The number of aliphatic hydroxyl groups excluding tert-OH is 1. The Kier molecular flexibility index (Phi) is 74.2. The van der Waals surface area contributed by atoms with Gasteiger partial charge in [0.25, 0.3) is 0 Å². The summed E-state index contributed by atoms with van der Waals surface area (Å²) in [6, 6.07) is 0. The molecule has 1 atom stereocenters. The fourth-order valence-electron chi connectivity index (χ4n) is 12.4. The van der Waals surface area contributed by atoms with Gasteiger partial charge in [-0.05, 0) is 44.9 Å². The second kappa shape index (κ2) is 75.6. The van der Waals surface area contributed by atoms with Gasteiger partial charge in [-0.1, -0.05) is 417 Å². The lowest BCUT2D eigenvalue weighted by atomic mass is 10.0. The Morgan fingerprint density at radius 3 is 0.702 bits per heavy atom. The fraction of sp³-hybridized carbons (Fsp3) is 0.924. The number of carbonyl (C=O) groups is 2. The zero-order chi connectivity index (χ0) is 60.5. The van der Waals surface area contributed by atoms with Crippen LogP contribution in [-0.4, -0.2) is 36.4 Å². The highest BCUT2D eigenvalue weighted by Crippen LogP contribution is 2.20. The molecule has 1 unspecified atom stereocenters. The Bertz CT molecular complexity index is 1290. The van der Waals surface area contributed by atoms with Gasteiger partial charge in [0.05, 0.1) is 6.61 Å². The SMILES string of the molecule is CCCCCCC/C=C\C/C=C\CCCCCCCCCCCCCCCCCCCCCCCCCCCCCCCC(=O)OC(CO)COC(=O)CCCCCCCCCCCCCCCCCCCCCCCCCCCCCCC. The first-order valence-corrected chi connectivity index (χ1v) is 38.9. The van der Waals surface area contributed by atoms with E-state index in [9.17, 15) is 14.7 Å². The number of hydrogen-bond acceptors (Lipinski definition) is 5. The minimum Gasteiger partial charge on any atom is -0.462 e. The highest BCUT2D eigenvalue weighted by molar-refractivity contribution is 5.70. The average Bonchev–Trinajstić information content (AvgIpc) is 3.51. The van der Waals surface area contributed by atoms with E-state index in [1.54, 1.807) is 0 Å². The number of hydrogen-bond donors (Lipinski definition) is 1. The Hall–Kier alpha value is -1.62. The normalized spacial score (nSPS) is 12.2. The molecular weight excluding hydrogens is 1030 g/mol. The first-order valence-electron chi connectivity index (χ1n) is 38.9. The number of esters is 2. The van der Waals surface area contributed by atoms with E-state index in [0.717, 1.165) is 38.5 Å². The van der Waals surface area contributed by atoms with Crippen LogP contribution in [0.1, 0.15) is 450 Å². The topological polar surface area (TPSA) is 72.8 Å². The number of rotatable bonds is 74. The van der Waals surface area contributed by atoms with Crippen LogP contribution in [-0.2, 0) is 19.1 Å². The second-order valence-corrected chi connectivity index (χ2v) is 26.8. The number of ether oxygens (including phenoxy) is 2. The first-order chi connectivity index (χ1) is 41.6. The summed E-state index contributed by atoms with van der Waals surface area (Å²) in [5.74, 6) is -0.559. The summed E-state index contributed by atoms with van der Waals surface area (Å²) in [5.41, 5.74) is 0. The van der Waals surface area contributed by atoms with Gasteiger partial charge >= 0.3 is 11.9 Å². The van der Waals surface area contributed by atoms with Crippen molar-refractivity contribution in [2.75, 3.05) is 13.2 Å². The molecule has 498 valence electrons. The number of unbranched alkanes of at least 4 members (excludes halogenated alkanes) is 62. The highest BCUT2D eigenvalue weighted by atomic mass is 16.6. The summed E-state index contributed by atoms with van der Waals surface area (Å²) < 4.78 is 10.8. The Morgan fingerprint density at radius 1 is 0.274 bits per heavy atom. The van der Waals surface area contributed by atoms with Gasteiger partial charge in [0.15, 0.2) is 6.10 Å². The molecule has 0 fully saturated rings. The third-order valence-corrected chi connectivity index (χ3v) is 18.2. The van der Waals surface area contributed by atoms with Gasteiger partial charge in [0, 0.05) is 12.8 Å². The lowest BCUT2D eigenvalue weighted by molar-refractivity contribution is -0.161. The molecule has 0 bridgehead atoms. The van der Waals surface area contributed by atoms with Crippen LogP contribution >= 0.6 is 0 Å². The molecular formula is C79H152O5. The maximum atomic E-state index is 12.4. The average molecular weight is 1180 g/mol. The van der Waals surface area contributed by atoms with Crippen molar-refractivity contribution >= 4 is 11.9 Å². The maximum Gasteiger partial charge on any atom is 0.306 e. The summed E-state index contributed by atoms with van der Waals surface area (Å²) in [7, 11) is 0. The van der Waals surface area contributed by atoms with Gasteiger partial charge in [-0.15, -0.1) is 0 Å². The van der Waals surface area contributed by atoms with Gasteiger partial charge in [-0.3, -0.25) is 9.59 Å². The highest BCUT2D eigenvalue weighted by Gasteiger charge is 2.16. The molecule has 0 aliphatic rings. The molecule has 0 heterocycles. The zero-order valence-electron chi connectivity index (χ0n) is 57.5. The summed E-state index contributed by atoms with van der Waals surface area (Å²) in [4.78, 5) is 24.7. The summed E-state index contributed by atoms with van der Waals surface area (Å²) in [6.07, 6.45) is 99.8. The van der Waals surface area contributed by atoms with Crippen molar-refractivity contribution in [2.24, 2.45) is 0 Å². The van der Waals surface area contributed by atoms with E-state index in [2.05, 4.69) is 38.2 Å². The second-order valence-electron chi connectivity index (χ2n) is 26.8. The Morgan fingerprint density at radius 2 is 0.476 bits per heavy atom. The van der Waals surface area contributed by atoms with Crippen LogP contribution in [0.2, 0.25) is 0 Å². The van der Waals surface area contributed by atoms with E-state index in [4.69, 9.17) is 9.47 Å². The first kappa shape index (κ1) is 82.4. The molecule has 84 heavy (non-hydrogen) atoms. The van der Waals surface area contributed by atoms with Gasteiger partial charge in [-0.25, -0.2) is 0 Å². The molecule has 0 aromatic heterocycles. The molecule has 0 amide bonds. The molecule has 0 saturated carbocycles. The third kappa shape index (κ3) is 72.9. The van der Waals surface area contributed by atoms with E-state index < -0.39 is 6.10 Å². The van der Waals surface area contributed by atoms with Crippen molar-refractivity contribution in [1.29, 1.82) is 0 Å². The van der Waals surface area contributed by atoms with Crippen LogP contribution in [0, 0.1) is 0 Å². The van der Waals surface area contributed by atoms with Gasteiger partial charge < -0.3 is 14.6 Å².